The van der Waals surface area contributed by atoms with Gasteiger partial charge in [0.25, 0.3) is 0 Å². The van der Waals surface area contributed by atoms with Gasteiger partial charge in [-0.3, -0.25) is 10.2 Å². The van der Waals surface area contributed by atoms with E-state index in [0.29, 0.717) is 11.0 Å². The van der Waals surface area contributed by atoms with Gasteiger partial charge in [-0.2, -0.15) is 20.4 Å². The van der Waals surface area contributed by atoms with Gasteiger partial charge in [-0.05, 0) is 34.7 Å². The fourth-order valence-corrected chi connectivity index (χ4v) is 2.33. The van der Waals surface area contributed by atoms with E-state index in [1.165, 1.54) is 13.3 Å². The Hall–Kier alpha value is -2.70. The Morgan fingerprint density at radius 1 is 1.04 bits per heavy atom. The SMILES string of the molecule is COC(=O)c1n[nH]c2nnccc12.Ic1n[nH]c2nnccc12. The number of H-pyrrole nitrogens is 2. The summed E-state index contributed by atoms with van der Waals surface area (Å²) >= 11 is 2.14. The molecule has 4 heterocycles. The summed E-state index contributed by atoms with van der Waals surface area (Å²) in [5, 5.41) is 29.6. The molecule has 0 aromatic carbocycles. The van der Waals surface area contributed by atoms with Gasteiger partial charge in [-0.1, -0.05) is 0 Å². The van der Waals surface area contributed by atoms with Crippen LogP contribution in [0.3, 0.4) is 0 Å². The van der Waals surface area contributed by atoms with Crippen molar-refractivity contribution in [1.29, 1.82) is 0 Å². The van der Waals surface area contributed by atoms with Crippen LogP contribution in [0.2, 0.25) is 0 Å². The van der Waals surface area contributed by atoms with E-state index < -0.39 is 5.97 Å². The van der Waals surface area contributed by atoms with E-state index in [1.807, 2.05) is 6.07 Å². The molecule has 4 aromatic rings. The monoisotopic (exact) mass is 424 g/mol. The molecule has 0 atom stereocenters. The summed E-state index contributed by atoms with van der Waals surface area (Å²) in [4.78, 5) is 11.1. The first-order valence-electron chi connectivity index (χ1n) is 6.26. The minimum absolute atomic E-state index is 0.229. The summed E-state index contributed by atoms with van der Waals surface area (Å²) in [6.45, 7) is 0. The molecule has 116 valence electrons. The maximum Gasteiger partial charge on any atom is 0.359 e. The number of methoxy groups -OCH3 is 1. The molecule has 0 saturated heterocycles. The van der Waals surface area contributed by atoms with Crippen LogP contribution in [-0.4, -0.2) is 53.9 Å². The second-order valence-corrected chi connectivity index (χ2v) is 5.19. The summed E-state index contributed by atoms with van der Waals surface area (Å²) in [5.41, 5.74) is 1.45. The van der Waals surface area contributed by atoms with Crippen molar-refractivity contribution in [3.05, 3.63) is 33.9 Å². The van der Waals surface area contributed by atoms with Crippen LogP contribution in [0.1, 0.15) is 10.5 Å². The van der Waals surface area contributed by atoms with Crippen LogP contribution in [0.15, 0.2) is 24.5 Å². The molecule has 0 radical (unpaired) electrons. The molecule has 0 aliphatic heterocycles. The quantitative estimate of drug-likeness (QED) is 0.343. The molecule has 0 aliphatic rings. The Bertz CT molecular complexity index is 966. The van der Waals surface area contributed by atoms with Crippen molar-refractivity contribution in [1.82, 2.24) is 40.8 Å². The number of carbonyl (C=O) groups excluding carboxylic acids is 1. The van der Waals surface area contributed by atoms with Crippen LogP contribution in [0.5, 0.6) is 0 Å². The van der Waals surface area contributed by atoms with Gasteiger partial charge in [0.15, 0.2) is 17.0 Å². The Morgan fingerprint density at radius 3 is 2.30 bits per heavy atom. The van der Waals surface area contributed by atoms with Gasteiger partial charge in [-0.25, -0.2) is 4.79 Å². The lowest BCUT2D eigenvalue weighted by Gasteiger charge is -1.92. The van der Waals surface area contributed by atoms with E-state index in [4.69, 9.17) is 0 Å². The number of ether oxygens (including phenoxy) is 1. The number of hydrogen-bond acceptors (Lipinski definition) is 8. The largest absolute Gasteiger partial charge is 0.464 e. The molecule has 2 N–H and O–H groups in total. The van der Waals surface area contributed by atoms with Gasteiger partial charge in [0.1, 0.15) is 3.70 Å². The molecule has 0 spiro atoms. The zero-order valence-corrected chi connectivity index (χ0v) is 13.8. The Balaban J connectivity index is 0.000000140. The Labute approximate surface area is 142 Å². The van der Waals surface area contributed by atoms with Crippen molar-refractivity contribution in [2.75, 3.05) is 7.11 Å². The number of esters is 1. The Kier molecular flexibility index (Phi) is 4.36. The second-order valence-electron chi connectivity index (χ2n) is 4.17. The van der Waals surface area contributed by atoms with Gasteiger partial charge in [0.05, 0.1) is 30.3 Å². The highest BCUT2D eigenvalue weighted by Crippen LogP contribution is 2.13. The topological polar surface area (TPSA) is 135 Å². The van der Waals surface area contributed by atoms with Crippen LogP contribution in [-0.2, 0) is 4.74 Å². The predicted molar refractivity (Wildman–Crippen MR) is 87.4 cm³/mol. The summed E-state index contributed by atoms with van der Waals surface area (Å²) in [5.74, 6) is -0.487. The molecule has 11 heteroatoms. The third kappa shape index (κ3) is 3.08. The van der Waals surface area contributed by atoms with Crippen molar-refractivity contribution < 1.29 is 9.53 Å². The minimum Gasteiger partial charge on any atom is -0.464 e. The van der Waals surface area contributed by atoms with Crippen LogP contribution in [0.25, 0.3) is 22.1 Å². The highest BCUT2D eigenvalue weighted by Gasteiger charge is 2.14. The number of rotatable bonds is 1. The van der Waals surface area contributed by atoms with Crippen molar-refractivity contribution in [2.24, 2.45) is 0 Å². The molecule has 0 saturated carbocycles. The Morgan fingerprint density at radius 2 is 1.65 bits per heavy atom. The molecule has 0 fully saturated rings. The number of nitrogens with zero attached hydrogens (tertiary/aromatic N) is 6. The van der Waals surface area contributed by atoms with Gasteiger partial charge in [0.2, 0.25) is 0 Å². The molecule has 0 aliphatic carbocycles. The van der Waals surface area contributed by atoms with E-state index in [-0.39, 0.29) is 5.69 Å². The summed E-state index contributed by atoms with van der Waals surface area (Å²) < 4.78 is 5.47. The molecule has 10 nitrogen and oxygen atoms in total. The van der Waals surface area contributed by atoms with Crippen molar-refractivity contribution in [3.63, 3.8) is 0 Å². The number of halogens is 1. The molecule has 0 amide bonds. The van der Waals surface area contributed by atoms with Crippen LogP contribution < -0.4 is 0 Å². The fourth-order valence-electron chi connectivity index (χ4n) is 1.77. The standard InChI is InChI=1S/C7H6N4O2.C5H3IN4/c1-13-7(12)5-4-2-3-8-10-6(4)11-9-5;6-4-3-1-2-7-9-5(3)10-8-4/h2-3H,1H3,(H,9,10,11);1-2H,(H,8,9,10). The molecule has 0 bridgehead atoms. The van der Waals surface area contributed by atoms with E-state index >= 15 is 0 Å². The highest BCUT2D eigenvalue weighted by molar-refractivity contribution is 14.1. The van der Waals surface area contributed by atoms with Crippen molar-refractivity contribution >= 4 is 50.6 Å². The minimum atomic E-state index is -0.487. The third-order valence-electron chi connectivity index (χ3n) is 2.83. The molecule has 4 aromatic heterocycles. The second kappa shape index (κ2) is 6.60. The number of fused-ring (bicyclic) bond motifs is 2. The normalized spacial score (nSPS) is 10.3. The number of aromatic amines is 2. The zero-order valence-electron chi connectivity index (χ0n) is 11.7. The lowest BCUT2D eigenvalue weighted by molar-refractivity contribution is 0.0596. The van der Waals surface area contributed by atoms with Gasteiger partial charge in [0, 0.05) is 0 Å². The third-order valence-corrected chi connectivity index (χ3v) is 3.65. The summed E-state index contributed by atoms with van der Waals surface area (Å²) in [6.07, 6.45) is 3.14. The van der Waals surface area contributed by atoms with Gasteiger partial charge in [-0.15, -0.1) is 10.2 Å². The first kappa shape index (κ1) is 15.2. The van der Waals surface area contributed by atoms with Crippen LogP contribution in [0, 0.1) is 3.70 Å². The first-order chi connectivity index (χ1) is 11.2. The van der Waals surface area contributed by atoms with Gasteiger partial charge >= 0.3 is 5.97 Å². The van der Waals surface area contributed by atoms with E-state index in [0.717, 1.165) is 14.7 Å². The lowest BCUT2D eigenvalue weighted by atomic mass is 10.3. The van der Waals surface area contributed by atoms with Crippen LogP contribution in [0.4, 0.5) is 0 Å². The molecule has 0 unspecified atom stereocenters. The van der Waals surface area contributed by atoms with Crippen LogP contribution >= 0.6 is 22.6 Å². The average molecular weight is 424 g/mol. The summed E-state index contributed by atoms with van der Waals surface area (Å²) in [6, 6.07) is 3.53. The molecular weight excluding hydrogens is 415 g/mol. The smallest absolute Gasteiger partial charge is 0.359 e. The maximum atomic E-state index is 11.1. The lowest BCUT2D eigenvalue weighted by Crippen LogP contribution is -2.01. The van der Waals surface area contributed by atoms with Crippen molar-refractivity contribution in [3.8, 4) is 0 Å². The predicted octanol–water partition coefficient (Wildman–Crippen LogP) is 1.10. The van der Waals surface area contributed by atoms with E-state index in [1.54, 1.807) is 12.3 Å². The number of hydrogen-bond donors (Lipinski definition) is 2. The molecule has 4 rings (SSSR count). The first-order valence-corrected chi connectivity index (χ1v) is 7.34. The summed E-state index contributed by atoms with van der Waals surface area (Å²) in [7, 11) is 1.30. The zero-order chi connectivity index (χ0) is 16.2. The fraction of sp³-hybridized carbons (Fsp3) is 0.0833. The average Bonchev–Trinajstić information content (AvgIpc) is 3.19. The highest BCUT2D eigenvalue weighted by atomic mass is 127. The maximum absolute atomic E-state index is 11.1. The number of aromatic nitrogens is 8. The van der Waals surface area contributed by atoms with E-state index in [9.17, 15) is 4.79 Å². The number of nitrogens with one attached hydrogen (secondary N) is 2. The van der Waals surface area contributed by atoms with Crippen molar-refractivity contribution in [2.45, 2.75) is 0 Å². The number of carbonyl (C=O) groups is 1. The van der Waals surface area contributed by atoms with E-state index in [2.05, 4.69) is 68.1 Å². The molecular formula is C12H9IN8O2. The molecule has 23 heavy (non-hydrogen) atoms. The van der Waals surface area contributed by atoms with Gasteiger partial charge < -0.3 is 4.74 Å².